The molecule has 1 unspecified atom stereocenters. The zero-order valence-electron chi connectivity index (χ0n) is 17.9. The van der Waals surface area contributed by atoms with E-state index in [0.29, 0.717) is 44.4 Å². The van der Waals surface area contributed by atoms with Gasteiger partial charge in [0.05, 0.1) is 11.8 Å². The van der Waals surface area contributed by atoms with Gasteiger partial charge in [-0.25, -0.2) is 13.4 Å². The van der Waals surface area contributed by atoms with Crippen molar-refractivity contribution in [3.63, 3.8) is 0 Å². The summed E-state index contributed by atoms with van der Waals surface area (Å²) in [6, 6.07) is 1.55. The number of piperazine rings is 1. The second kappa shape index (κ2) is 12.0. The first-order valence-corrected chi connectivity index (χ1v) is 11.7. The van der Waals surface area contributed by atoms with Gasteiger partial charge in [-0.2, -0.15) is 4.31 Å². The smallest absolute Gasteiger partial charge is 0.243 e. The van der Waals surface area contributed by atoms with Crippen LogP contribution in [0, 0.1) is 0 Å². The van der Waals surface area contributed by atoms with Gasteiger partial charge < -0.3 is 24.4 Å². The highest BCUT2D eigenvalue weighted by Crippen LogP contribution is 2.14. The molecule has 176 valence electrons. The molecule has 13 heteroatoms. The van der Waals surface area contributed by atoms with E-state index in [-0.39, 0.29) is 48.3 Å². The van der Waals surface area contributed by atoms with Gasteiger partial charge >= 0.3 is 0 Å². The van der Waals surface area contributed by atoms with Crippen LogP contribution in [-0.2, 0) is 25.3 Å². The number of amides is 1. The largest absolute Gasteiger partial charge is 0.376 e. The molecule has 0 saturated carbocycles. The summed E-state index contributed by atoms with van der Waals surface area (Å²) < 4.78 is 37.1. The van der Waals surface area contributed by atoms with Crippen LogP contribution >= 0.6 is 24.0 Å². The molecule has 0 spiro atoms. The Morgan fingerprint density at radius 1 is 1.32 bits per heavy atom. The van der Waals surface area contributed by atoms with Gasteiger partial charge in [-0.15, -0.1) is 24.0 Å². The average Bonchev–Trinajstić information content (AvgIpc) is 3.42. The molecule has 1 N–H and O–H groups in total. The zero-order chi connectivity index (χ0) is 21.6. The van der Waals surface area contributed by atoms with Gasteiger partial charge in [-0.1, -0.05) is 5.16 Å². The molecular weight excluding hydrogens is 539 g/mol. The average molecular weight is 570 g/mol. The van der Waals surface area contributed by atoms with Gasteiger partial charge in [-0.3, -0.25) is 4.79 Å². The molecule has 3 heterocycles. The fourth-order valence-corrected chi connectivity index (χ4v) is 4.76. The van der Waals surface area contributed by atoms with Crippen LogP contribution in [0.4, 0.5) is 0 Å². The summed E-state index contributed by atoms with van der Waals surface area (Å²) in [6.45, 7) is 3.03. The molecule has 1 amide bonds. The van der Waals surface area contributed by atoms with E-state index in [4.69, 9.17) is 9.26 Å². The number of sulfonamides is 1. The molecule has 1 aromatic rings. The molecule has 1 atom stereocenters. The SMILES string of the molecule is CN(C)C(=O)CN=C(NCC1CCCO1)N1CCN(S(=O)(=O)Cc2ccon2)CC1.I. The predicted molar refractivity (Wildman–Crippen MR) is 126 cm³/mol. The van der Waals surface area contributed by atoms with Crippen molar-refractivity contribution in [3.05, 3.63) is 18.0 Å². The van der Waals surface area contributed by atoms with E-state index in [1.807, 2.05) is 4.90 Å². The third-order valence-corrected chi connectivity index (χ3v) is 6.94. The molecule has 2 saturated heterocycles. The van der Waals surface area contributed by atoms with Crippen molar-refractivity contribution in [1.82, 2.24) is 24.6 Å². The van der Waals surface area contributed by atoms with E-state index in [1.54, 1.807) is 20.2 Å². The molecule has 3 rings (SSSR count). The predicted octanol–water partition coefficient (Wildman–Crippen LogP) is -0.0472. The van der Waals surface area contributed by atoms with E-state index in [2.05, 4.69) is 15.5 Å². The number of carbonyl (C=O) groups excluding carboxylic acids is 1. The highest BCUT2D eigenvalue weighted by Gasteiger charge is 2.29. The van der Waals surface area contributed by atoms with E-state index < -0.39 is 10.0 Å². The number of aliphatic imine (C=N–C) groups is 1. The third-order valence-electron chi connectivity index (χ3n) is 5.13. The Bertz CT molecular complexity index is 819. The summed E-state index contributed by atoms with van der Waals surface area (Å²) in [5, 5.41) is 6.99. The van der Waals surface area contributed by atoms with Gasteiger partial charge in [0.25, 0.3) is 0 Å². The second-order valence-corrected chi connectivity index (χ2v) is 9.55. The lowest BCUT2D eigenvalue weighted by molar-refractivity contribution is -0.127. The Labute approximate surface area is 200 Å². The van der Waals surface area contributed by atoms with Crippen LogP contribution < -0.4 is 5.32 Å². The standard InChI is InChI=1S/C18H30N6O5S.HI/c1-22(2)17(25)13-20-18(19-12-16-4-3-10-28-16)23-6-8-24(9-7-23)30(26,27)14-15-5-11-29-21-15;/h5,11,16H,3-4,6-10,12-14H2,1-2H3,(H,19,20);1H. The highest BCUT2D eigenvalue weighted by atomic mass is 127. The number of ether oxygens (including phenoxy) is 1. The summed E-state index contributed by atoms with van der Waals surface area (Å²) in [5.41, 5.74) is 0.389. The molecule has 2 aliphatic rings. The highest BCUT2D eigenvalue weighted by molar-refractivity contribution is 14.0. The molecule has 1 aromatic heterocycles. The maximum absolute atomic E-state index is 12.6. The first-order chi connectivity index (χ1) is 14.3. The minimum atomic E-state index is -3.47. The van der Waals surface area contributed by atoms with Crippen LogP contribution in [0.3, 0.4) is 0 Å². The number of hydrogen-bond acceptors (Lipinski definition) is 7. The molecule has 0 radical (unpaired) electrons. The van der Waals surface area contributed by atoms with Gasteiger partial charge in [-0.05, 0) is 12.8 Å². The molecule has 0 aromatic carbocycles. The van der Waals surface area contributed by atoms with Crippen LogP contribution in [0.25, 0.3) is 0 Å². The number of likely N-dealkylation sites (N-methyl/N-ethyl adjacent to an activating group) is 1. The number of guanidine groups is 1. The van der Waals surface area contributed by atoms with E-state index in [9.17, 15) is 13.2 Å². The minimum Gasteiger partial charge on any atom is -0.376 e. The maximum atomic E-state index is 12.6. The van der Waals surface area contributed by atoms with Gasteiger partial charge in [0.15, 0.2) is 5.96 Å². The first-order valence-electron chi connectivity index (χ1n) is 10.1. The lowest BCUT2D eigenvalue weighted by atomic mass is 10.2. The van der Waals surface area contributed by atoms with Crippen molar-refractivity contribution < 1.29 is 22.5 Å². The van der Waals surface area contributed by atoms with Crippen molar-refractivity contribution in [2.24, 2.45) is 4.99 Å². The summed E-state index contributed by atoms with van der Waals surface area (Å²) in [5.74, 6) is 0.327. The number of carbonyl (C=O) groups is 1. The molecule has 0 aliphatic carbocycles. The fourth-order valence-electron chi connectivity index (χ4n) is 3.33. The molecule has 31 heavy (non-hydrogen) atoms. The Balaban J connectivity index is 0.00000341. The molecule has 2 fully saturated rings. The lowest BCUT2D eigenvalue weighted by Crippen LogP contribution is -2.54. The van der Waals surface area contributed by atoms with E-state index in [1.165, 1.54) is 15.5 Å². The summed E-state index contributed by atoms with van der Waals surface area (Å²) in [4.78, 5) is 19.9. The molecule has 0 bridgehead atoms. The Hall–Kier alpha value is -1.45. The van der Waals surface area contributed by atoms with Gasteiger partial charge in [0, 0.05) is 59.5 Å². The lowest BCUT2D eigenvalue weighted by Gasteiger charge is -2.36. The second-order valence-electron chi connectivity index (χ2n) is 7.58. The minimum absolute atomic E-state index is 0. The first kappa shape index (κ1) is 25.8. The van der Waals surface area contributed by atoms with Crippen LogP contribution in [-0.4, -0.2) is 106 Å². The summed E-state index contributed by atoms with van der Waals surface area (Å²) in [6.07, 6.45) is 3.52. The quantitative estimate of drug-likeness (QED) is 0.276. The van der Waals surface area contributed by atoms with Crippen molar-refractivity contribution >= 4 is 45.9 Å². The van der Waals surface area contributed by atoms with E-state index in [0.717, 1.165) is 19.4 Å². The molecular formula is C18H31IN6O5S. The van der Waals surface area contributed by atoms with Gasteiger partial charge in [0.2, 0.25) is 15.9 Å². The summed E-state index contributed by atoms with van der Waals surface area (Å²) >= 11 is 0. The van der Waals surface area contributed by atoms with Crippen LogP contribution in [0.2, 0.25) is 0 Å². The molecule has 2 aliphatic heterocycles. The normalized spacial score (nSPS) is 20.4. The number of nitrogens with zero attached hydrogens (tertiary/aromatic N) is 5. The zero-order valence-corrected chi connectivity index (χ0v) is 21.0. The van der Waals surface area contributed by atoms with Crippen molar-refractivity contribution in [3.8, 4) is 0 Å². The number of rotatable bonds is 7. The van der Waals surface area contributed by atoms with Crippen molar-refractivity contribution in [2.75, 3.05) is 60.0 Å². The molecule has 11 nitrogen and oxygen atoms in total. The summed E-state index contributed by atoms with van der Waals surface area (Å²) in [7, 11) is -0.0940. The van der Waals surface area contributed by atoms with Crippen molar-refractivity contribution in [2.45, 2.75) is 24.7 Å². The van der Waals surface area contributed by atoms with Crippen LogP contribution in [0.15, 0.2) is 21.8 Å². The fraction of sp³-hybridized carbons (Fsp3) is 0.722. The number of hydrogen-bond donors (Lipinski definition) is 1. The van der Waals surface area contributed by atoms with Gasteiger partial charge in [0.1, 0.15) is 18.6 Å². The van der Waals surface area contributed by atoms with Crippen LogP contribution in [0.5, 0.6) is 0 Å². The topological polar surface area (TPSA) is 121 Å². The van der Waals surface area contributed by atoms with E-state index >= 15 is 0 Å². The number of nitrogens with one attached hydrogen (secondary N) is 1. The third kappa shape index (κ3) is 7.57. The number of aromatic nitrogens is 1. The number of halogens is 1. The Morgan fingerprint density at radius 3 is 2.65 bits per heavy atom. The Morgan fingerprint density at radius 2 is 2.06 bits per heavy atom. The van der Waals surface area contributed by atoms with Crippen molar-refractivity contribution in [1.29, 1.82) is 0 Å². The monoisotopic (exact) mass is 570 g/mol. The maximum Gasteiger partial charge on any atom is 0.243 e. The Kier molecular flexibility index (Phi) is 9.96. The van der Waals surface area contributed by atoms with Crippen LogP contribution in [0.1, 0.15) is 18.5 Å².